The Morgan fingerprint density at radius 1 is 1.00 bits per heavy atom. The Hall–Kier alpha value is -1.84. The molecular weight excluding hydrogens is 342 g/mol. The maximum absolute atomic E-state index is 12.4. The lowest BCUT2D eigenvalue weighted by Crippen LogP contribution is -2.38. The SMILES string of the molecule is COCC1O[C@H](CON2C(=O)c3ccccc3C2=O)[C@H]2OC(C)(C)O[C@@H]12. The smallest absolute Gasteiger partial charge is 0.285 e. The Balaban J connectivity index is 1.45. The molecule has 3 aliphatic rings. The molecule has 1 aromatic carbocycles. The summed E-state index contributed by atoms with van der Waals surface area (Å²) in [5.74, 6) is -1.69. The van der Waals surface area contributed by atoms with Crippen LogP contribution in [0.4, 0.5) is 0 Å². The third-order valence-electron chi connectivity index (χ3n) is 4.70. The molecule has 4 rings (SSSR count). The maximum atomic E-state index is 12.4. The number of benzene rings is 1. The first-order valence-corrected chi connectivity index (χ1v) is 8.52. The van der Waals surface area contributed by atoms with Gasteiger partial charge in [0.1, 0.15) is 31.0 Å². The summed E-state index contributed by atoms with van der Waals surface area (Å²) in [5, 5.41) is 0.785. The van der Waals surface area contributed by atoms with Crippen molar-refractivity contribution in [3.63, 3.8) is 0 Å². The first-order valence-electron chi connectivity index (χ1n) is 8.52. The van der Waals surface area contributed by atoms with E-state index in [4.69, 9.17) is 23.8 Å². The van der Waals surface area contributed by atoms with Crippen LogP contribution in [-0.2, 0) is 23.8 Å². The summed E-state index contributed by atoms with van der Waals surface area (Å²) in [7, 11) is 1.59. The molecule has 0 spiro atoms. The average Bonchev–Trinajstić information content (AvgIpc) is 3.17. The fourth-order valence-corrected chi connectivity index (χ4v) is 3.64. The highest BCUT2D eigenvalue weighted by molar-refractivity contribution is 6.20. The number of carbonyl (C=O) groups is 2. The molecule has 0 saturated carbocycles. The van der Waals surface area contributed by atoms with E-state index in [9.17, 15) is 9.59 Å². The summed E-state index contributed by atoms with van der Waals surface area (Å²) in [6, 6.07) is 6.62. The van der Waals surface area contributed by atoms with Gasteiger partial charge in [0.15, 0.2) is 5.79 Å². The quantitative estimate of drug-likeness (QED) is 0.726. The van der Waals surface area contributed by atoms with Gasteiger partial charge in [-0.2, -0.15) is 0 Å². The lowest BCUT2D eigenvalue weighted by atomic mass is 10.1. The van der Waals surface area contributed by atoms with Gasteiger partial charge in [-0.3, -0.25) is 14.4 Å². The highest BCUT2D eigenvalue weighted by Crippen LogP contribution is 2.39. The molecule has 3 aliphatic heterocycles. The van der Waals surface area contributed by atoms with E-state index in [1.807, 2.05) is 13.8 Å². The highest BCUT2D eigenvalue weighted by Gasteiger charge is 2.55. The van der Waals surface area contributed by atoms with Crippen LogP contribution in [0.5, 0.6) is 0 Å². The number of imide groups is 1. The fraction of sp³-hybridized carbons (Fsp3) is 0.556. The maximum Gasteiger partial charge on any atom is 0.285 e. The number of rotatable bonds is 5. The van der Waals surface area contributed by atoms with Gasteiger partial charge in [0.05, 0.1) is 17.7 Å². The van der Waals surface area contributed by atoms with E-state index in [2.05, 4.69) is 0 Å². The first-order chi connectivity index (χ1) is 12.4. The Kier molecular flexibility index (Phi) is 4.32. The summed E-state index contributed by atoms with van der Waals surface area (Å²) >= 11 is 0. The average molecular weight is 363 g/mol. The zero-order valence-corrected chi connectivity index (χ0v) is 14.8. The van der Waals surface area contributed by atoms with E-state index in [0.717, 1.165) is 5.06 Å². The minimum atomic E-state index is -0.737. The van der Waals surface area contributed by atoms with E-state index < -0.39 is 23.7 Å². The number of ether oxygens (including phenoxy) is 4. The molecule has 2 saturated heterocycles. The van der Waals surface area contributed by atoms with Gasteiger partial charge in [-0.05, 0) is 26.0 Å². The molecule has 4 atom stereocenters. The summed E-state index contributed by atoms with van der Waals surface area (Å²) < 4.78 is 22.9. The molecule has 8 heteroatoms. The summed E-state index contributed by atoms with van der Waals surface area (Å²) in [4.78, 5) is 30.3. The second-order valence-corrected chi connectivity index (χ2v) is 6.98. The lowest BCUT2D eigenvalue weighted by molar-refractivity contribution is -0.205. The molecule has 2 amide bonds. The van der Waals surface area contributed by atoms with Crippen molar-refractivity contribution in [2.75, 3.05) is 20.3 Å². The molecule has 0 radical (unpaired) electrons. The minimum Gasteiger partial charge on any atom is -0.382 e. The summed E-state index contributed by atoms with van der Waals surface area (Å²) in [6.07, 6.45) is -1.44. The number of fused-ring (bicyclic) bond motifs is 2. The van der Waals surface area contributed by atoms with Crippen LogP contribution in [0.15, 0.2) is 24.3 Å². The second-order valence-electron chi connectivity index (χ2n) is 6.98. The summed E-state index contributed by atoms with van der Waals surface area (Å²) in [5.41, 5.74) is 0.670. The zero-order chi connectivity index (χ0) is 18.5. The molecule has 0 bridgehead atoms. The normalized spacial score (nSPS) is 32.2. The van der Waals surface area contributed by atoms with Crippen LogP contribution in [0.1, 0.15) is 34.6 Å². The van der Waals surface area contributed by atoms with Crippen LogP contribution in [0.25, 0.3) is 0 Å². The number of carbonyl (C=O) groups excluding carboxylic acids is 2. The first kappa shape index (κ1) is 17.6. The van der Waals surface area contributed by atoms with Gasteiger partial charge < -0.3 is 18.9 Å². The van der Waals surface area contributed by atoms with Crippen molar-refractivity contribution >= 4 is 11.8 Å². The Morgan fingerprint density at radius 2 is 1.54 bits per heavy atom. The van der Waals surface area contributed by atoms with Crippen LogP contribution >= 0.6 is 0 Å². The molecule has 0 aliphatic carbocycles. The van der Waals surface area contributed by atoms with Gasteiger partial charge in [0, 0.05) is 7.11 Å². The standard InChI is InChI=1S/C18H21NO7/c1-18(2)25-14-12(8-22-3)24-13(15(14)26-18)9-23-19-16(20)10-6-4-5-7-11(10)17(19)21/h4-7,12-15H,8-9H2,1-3H3/t12?,13-,14+,15-/m1/s1. The van der Waals surface area contributed by atoms with Crippen LogP contribution in [0.3, 0.4) is 0 Å². The predicted octanol–water partition coefficient (Wildman–Crippen LogP) is 1.15. The largest absolute Gasteiger partial charge is 0.382 e. The van der Waals surface area contributed by atoms with E-state index >= 15 is 0 Å². The number of methoxy groups -OCH3 is 1. The van der Waals surface area contributed by atoms with E-state index in [1.54, 1.807) is 31.4 Å². The van der Waals surface area contributed by atoms with E-state index in [-0.39, 0.29) is 24.9 Å². The molecule has 2 fully saturated rings. The van der Waals surface area contributed by atoms with Gasteiger partial charge in [0.2, 0.25) is 0 Å². The van der Waals surface area contributed by atoms with Gasteiger partial charge in [-0.15, -0.1) is 5.06 Å². The van der Waals surface area contributed by atoms with Crippen LogP contribution < -0.4 is 0 Å². The van der Waals surface area contributed by atoms with Crippen LogP contribution in [0.2, 0.25) is 0 Å². The fourth-order valence-electron chi connectivity index (χ4n) is 3.64. The lowest BCUT2D eigenvalue weighted by Gasteiger charge is -2.24. The summed E-state index contributed by atoms with van der Waals surface area (Å²) in [6.45, 7) is 4.00. The third-order valence-corrected chi connectivity index (χ3v) is 4.70. The van der Waals surface area contributed by atoms with Crippen molar-refractivity contribution in [1.29, 1.82) is 0 Å². The third kappa shape index (κ3) is 2.83. The van der Waals surface area contributed by atoms with Gasteiger partial charge in [-0.1, -0.05) is 12.1 Å². The number of hydroxylamine groups is 2. The second kappa shape index (κ2) is 6.40. The Morgan fingerprint density at radius 3 is 2.08 bits per heavy atom. The Bertz CT molecular complexity index is 699. The molecular formula is C18H21NO7. The molecule has 3 heterocycles. The predicted molar refractivity (Wildman–Crippen MR) is 87.3 cm³/mol. The number of hydrogen-bond donors (Lipinski definition) is 0. The minimum absolute atomic E-state index is 0.00765. The van der Waals surface area contributed by atoms with Gasteiger partial charge >= 0.3 is 0 Å². The Labute approximate surface area is 150 Å². The molecule has 1 aromatic rings. The molecule has 0 aromatic heterocycles. The van der Waals surface area contributed by atoms with Crippen LogP contribution in [0, 0.1) is 0 Å². The van der Waals surface area contributed by atoms with Gasteiger partial charge in [0.25, 0.3) is 11.8 Å². The highest BCUT2D eigenvalue weighted by atomic mass is 16.8. The van der Waals surface area contributed by atoms with Gasteiger partial charge in [-0.25, -0.2) is 0 Å². The van der Waals surface area contributed by atoms with Crippen molar-refractivity contribution in [1.82, 2.24) is 5.06 Å². The molecule has 1 unspecified atom stereocenters. The number of hydrogen-bond acceptors (Lipinski definition) is 7. The van der Waals surface area contributed by atoms with E-state index in [1.165, 1.54) is 0 Å². The van der Waals surface area contributed by atoms with E-state index in [0.29, 0.717) is 17.7 Å². The molecule has 8 nitrogen and oxygen atoms in total. The molecule has 26 heavy (non-hydrogen) atoms. The topological polar surface area (TPSA) is 83.5 Å². The molecule has 140 valence electrons. The number of amides is 2. The van der Waals surface area contributed by atoms with Crippen molar-refractivity contribution in [3.8, 4) is 0 Å². The van der Waals surface area contributed by atoms with Crippen molar-refractivity contribution in [2.45, 2.75) is 44.1 Å². The van der Waals surface area contributed by atoms with Crippen molar-refractivity contribution in [3.05, 3.63) is 35.4 Å². The van der Waals surface area contributed by atoms with Crippen molar-refractivity contribution in [2.24, 2.45) is 0 Å². The molecule has 0 N–H and O–H groups in total. The monoisotopic (exact) mass is 363 g/mol. The van der Waals surface area contributed by atoms with Crippen molar-refractivity contribution < 1.29 is 33.4 Å². The number of nitrogens with zero attached hydrogens (tertiary/aromatic N) is 1. The zero-order valence-electron chi connectivity index (χ0n) is 14.8. The van der Waals surface area contributed by atoms with Crippen LogP contribution in [-0.4, -0.2) is 67.4 Å².